The summed E-state index contributed by atoms with van der Waals surface area (Å²) in [7, 11) is 1.45. The lowest BCUT2D eigenvalue weighted by atomic mass is 10.0. The monoisotopic (exact) mass is 339 g/mol. The molecule has 0 saturated carbocycles. The van der Waals surface area contributed by atoms with Gasteiger partial charge in [-0.2, -0.15) is 0 Å². The highest BCUT2D eigenvalue weighted by atomic mass is 16.6. The minimum atomic E-state index is -0.0884. The summed E-state index contributed by atoms with van der Waals surface area (Å²) in [6, 6.07) is 0. The Bertz CT molecular complexity index is 355. The average molecular weight is 340 g/mol. The Hall–Kier alpha value is -1.06. The van der Waals surface area contributed by atoms with Gasteiger partial charge in [-0.15, -0.1) is 0 Å². The van der Waals surface area contributed by atoms with Crippen LogP contribution in [0.25, 0.3) is 0 Å². The molecule has 0 bridgehead atoms. The van der Waals surface area contributed by atoms with Crippen LogP contribution in [0.1, 0.15) is 103 Å². The van der Waals surface area contributed by atoms with Crippen LogP contribution in [-0.4, -0.2) is 24.9 Å². The Morgan fingerprint density at radius 1 is 1.04 bits per heavy atom. The van der Waals surface area contributed by atoms with E-state index in [1.807, 2.05) is 0 Å². The molecule has 0 aromatic rings. The topological polar surface area (TPSA) is 47.9 Å². The highest BCUT2D eigenvalue weighted by Crippen LogP contribution is 2.20. The molecule has 0 aromatic carbocycles. The van der Waals surface area contributed by atoms with Gasteiger partial charge >= 0.3 is 5.97 Å². The summed E-state index contributed by atoms with van der Waals surface area (Å²) in [6.45, 7) is 2.25. The first-order valence-corrected chi connectivity index (χ1v) is 10.0. The van der Waals surface area contributed by atoms with Crippen LogP contribution in [0.15, 0.2) is 5.16 Å². The van der Waals surface area contributed by atoms with Crippen molar-refractivity contribution in [3.63, 3.8) is 0 Å². The molecule has 0 saturated heterocycles. The molecule has 1 heterocycles. The van der Waals surface area contributed by atoms with E-state index < -0.39 is 0 Å². The summed E-state index contributed by atoms with van der Waals surface area (Å²) < 4.78 is 4.64. The molecule has 0 radical (unpaired) electrons. The Balaban J connectivity index is 1.87. The van der Waals surface area contributed by atoms with Gasteiger partial charge < -0.3 is 9.57 Å². The van der Waals surface area contributed by atoms with Crippen molar-refractivity contribution in [1.82, 2.24) is 0 Å². The summed E-state index contributed by atoms with van der Waals surface area (Å²) in [6.07, 6.45) is 17.8. The molecule has 24 heavy (non-hydrogen) atoms. The number of esters is 1. The maximum absolute atomic E-state index is 11.0. The van der Waals surface area contributed by atoms with Crippen molar-refractivity contribution in [1.29, 1.82) is 0 Å². The first-order valence-electron chi connectivity index (χ1n) is 10.0. The minimum Gasteiger partial charge on any atom is -0.469 e. The predicted molar refractivity (Wildman–Crippen MR) is 99.3 cm³/mol. The van der Waals surface area contributed by atoms with Crippen LogP contribution >= 0.6 is 0 Å². The van der Waals surface area contributed by atoms with Gasteiger partial charge in [0.15, 0.2) is 0 Å². The Kier molecular flexibility index (Phi) is 12.5. The summed E-state index contributed by atoms with van der Waals surface area (Å²) in [4.78, 5) is 16.5. The first kappa shape index (κ1) is 21.0. The second-order valence-electron chi connectivity index (χ2n) is 6.99. The molecule has 0 aromatic heterocycles. The van der Waals surface area contributed by atoms with Gasteiger partial charge in [-0.05, 0) is 32.1 Å². The number of rotatable bonds is 15. The lowest BCUT2D eigenvalue weighted by Crippen LogP contribution is -2.07. The van der Waals surface area contributed by atoms with E-state index in [4.69, 9.17) is 4.84 Å². The molecule has 0 fully saturated rings. The number of ether oxygens (including phenoxy) is 1. The van der Waals surface area contributed by atoms with Crippen LogP contribution in [0.2, 0.25) is 0 Å². The zero-order valence-electron chi connectivity index (χ0n) is 15.9. The Labute approximate surface area is 148 Å². The average Bonchev–Trinajstić information content (AvgIpc) is 3.04. The fourth-order valence-corrected chi connectivity index (χ4v) is 3.17. The first-order chi connectivity index (χ1) is 11.8. The summed E-state index contributed by atoms with van der Waals surface area (Å²) in [5.41, 5.74) is 1.28. The molecule has 1 aliphatic heterocycles. The molecule has 1 aliphatic rings. The number of oxime groups is 1. The molecule has 1 rings (SSSR count). The third kappa shape index (κ3) is 10.7. The van der Waals surface area contributed by atoms with E-state index >= 15 is 0 Å². The second kappa shape index (κ2) is 14.3. The quantitative estimate of drug-likeness (QED) is 0.280. The number of unbranched alkanes of at least 4 members (excludes halogenated alkanes) is 9. The molecule has 0 N–H and O–H groups in total. The van der Waals surface area contributed by atoms with Crippen LogP contribution in [0, 0.1) is 0 Å². The highest BCUT2D eigenvalue weighted by molar-refractivity contribution is 5.85. The molecular formula is C20H37NO3. The molecule has 4 nitrogen and oxygen atoms in total. The second-order valence-corrected chi connectivity index (χ2v) is 6.99. The van der Waals surface area contributed by atoms with Crippen molar-refractivity contribution in [3.8, 4) is 0 Å². The van der Waals surface area contributed by atoms with Crippen LogP contribution in [0.3, 0.4) is 0 Å². The van der Waals surface area contributed by atoms with Gasteiger partial charge in [0, 0.05) is 12.8 Å². The van der Waals surface area contributed by atoms with Crippen LogP contribution < -0.4 is 0 Å². The number of carbonyl (C=O) groups excluding carboxylic acids is 1. The fourth-order valence-electron chi connectivity index (χ4n) is 3.17. The smallest absolute Gasteiger partial charge is 0.305 e. The van der Waals surface area contributed by atoms with Gasteiger partial charge in [0.1, 0.15) is 6.10 Å². The molecule has 0 amide bonds. The normalized spacial score (nSPS) is 16.8. The lowest BCUT2D eigenvalue weighted by Gasteiger charge is -2.07. The molecule has 0 spiro atoms. The molecule has 140 valence electrons. The van der Waals surface area contributed by atoms with E-state index in [2.05, 4.69) is 16.8 Å². The zero-order chi connectivity index (χ0) is 17.5. The predicted octanol–water partition coefficient (Wildman–Crippen LogP) is 5.79. The molecule has 0 aliphatic carbocycles. The molecule has 4 heteroatoms. The summed E-state index contributed by atoms with van der Waals surface area (Å²) in [5, 5.41) is 4.27. The van der Waals surface area contributed by atoms with Gasteiger partial charge in [-0.25, -0.2) is 0 Å². The number of nitrogens with zero attached hydrogens (tertiary/aromatic N) is 1. The van der Waals surface area contributed by atoms with Gasteiger partial charge in [0.25, 0.3) is 0 Å². The number of methoxy groups -OCH3 is 1. The van der Waals surface area contributed by atoms with E-state index in [9.17, 15) is 4.79 Å². The maximum atomic E-state index is 11.0. The van der Waals surface area contributed by atoms with Crippen molar-refractivity contribution in [3.05, 3.63) is 0 Å². The van der Waals surface area contributed by atoms with Crippen molar-refractivity contribution >= 4 is 11.7 Å². The van der Waals surface area contributed by atoms with Crippen molar-refractivity contribution in [2.75, 3.05) is 7.11 Å². The van der Waals surface area contributed by atoms with Crippen LogP contribution in [-0.2, 0) is 14.4 Å². The fraction of sp³-hybridized carbons (Fsp3) is 0.900. The van der Waals surface area contributed by atoms with Gasteiger partial charge in [0.2, 0.25) is 0 Å². The summed E-state index contributed by atoms with van der Waals surface area (Å²) >= 11 is 0. The minimum absolute atomic E-state index is 0.0884. The maximum Gasteiger partial charge on any atom is 0.305 e. The van der Waals surface area contributed by atoms with E-state index in [0.29, 0.717) is 12.5 Å². The molecular weight excluding hydrogens is 302 g/mol. The SMILES string of the molecule is CCCCCCCC1=NOC(CCCCCCCCC(=O)OC)C1. The van der Waals surface area contributed by atoms with E-state index in [1.165, 1.54) is 70.6 Å². The number of carbonyl (C=O) groups is 1. The van der Waals surface area contributed by atoms with E-state index in [1.54, 1.807) is 0 Å². The third-order valence-electron chi connectivity index (χ3n) is 4.75. The number of hydrogen-bond acceptors (Lipinski definition) is 4. The summed E-state index contributed by atoms with van der Waals surface area (Å²) in [5.74, 6) is -0.0884. The van der Waals surface area contributed by atoms with Crippen molar-refractivity contribution in [2.24, 2.45) is 5.16 Å². The largest absolute Gasteiger partial charge is 0.469 e. The van der Waals surface area contributed by atoms with E-state index in [0.717, 1.165) is 32.1 Å². The van der Waals surface area contributed by atoms with Gasteiger partial charge in [-0.1, -0.05) is 63.4 Å². The third-order valence-corrected chi connectivity index (χ3v) is 4.75. The molecule has 1 unspecified atom stereocenters. The standard InChI is InChI=1S/C20H37NO3/c1-3-4-5-8-11-14-18-17-19(24-21-18)15-12-9-6-7-10-13-16-20(22)23-2/h19H,3-17H2,1-2H3. The Morgan fingerprint density at radius 3 is 2.46 bits per heavy atom. The number of hydrogen-bond donors (Lipinski definition) is 0. The van der Waals surface area contributed by atoms with Crippen LogP contribution in [0.5, 0.6) is 0 Å². The van der Waals surface area contributed by atoms with Crippen LogP contribution in [0.4, 0.5) is 0 Å². The highest BCUT2D eigenvalue weighted by Gasteiger charge is 2.19. The van der Waals surface area contributed by atoms with Gasteiger partial charge in [-0.3, -0.25) is 4.79 Å². The van der Waals surface area contributed by atoms with E-state index in [-0.39, 0.29) is 5.97 Å². The van der Waals surface area contributed by atoms with Crippen molar-refractivity contribution < 1.29 is 14.4 Å². The van der Waals surface area contributed by atoms with Crippen molar-refractivity contribution in [2.45, 2.75) is 109 Å². The zero-order valence-corrected chi connectivity index (χ0v) is 15.9. The Morgan fingerprint density at radius 2 is 1.71 bits per heavy atom. The lowest BCUT2D eigenvalue weighted by molar-refractivity contribution is -0.140. The molecule has 1 atom stereocenters. The van der Waals surface area contributed by atoms with Gasteiger partial charge in [0.05, 0.1) is 12.8 Å².